The van der Waals surface area contributed by atoms with Crippen molar-refractivity contribution in [2.75, 3.05) is 45.8 Å². The minimum Gasteiger partial charge on any atom is -0.389 e. The quantitative estimate of drug-likeness (QED) is 0.634. The average molecular weight is 257 g/mol. The van der Waals surface area contributed by atoms with E-state index in [2.05, 4.69) is 16.7 Å². The molecule has 1 atom stereocenters. The van der Waals surface area contributed by atoms with E-state index < -0.39 is 5.60 Å². The highest BCUT2D eigenvalue weighted by atomic mass is 16.3. The fourth-order valence-electron chi connectivity index (χ4n) is 2.50. The van der Waals surface area contributed by atoms with Crippen LogP contribution in [0.1, 0.15) is 39.5 Å². The van der Waals surface area contributed by atoms with Crippen LogP contribution in [0, 0.1) is 0 Å². The second-order valence-corrected chi connectivity index (χ2v) is 5.84. The minimum atomic E-state index is -0.667. The van der Waals surface area contributed by atoms with E-state index in [1.54, 1.807) is 0 Å². The number of hydrogen-bond donors (Lipinski definition) is 2. The van der Waals surface area contributed by atoms with Crippen molar-refractivity contribution in [1.82, 2.24) is 9.80 Å². The van der Waals surface area contributed by atoms with Crippen LogP contribution in [0.25, 0.3) is 0 Å². The molecular weight excluding hydrogens is 226 g/mol. The van der Waals surface area contributed by atoms with Crippen LogP contribution in [0.15, 0.2) is 0 Å². The molecule has 4 nitrogen and oxygen atoms in total. The van der Waals surface area contributed by atoms with E-state index in [1.807, 2.05) is 6.92 Å². The molecule has 1 rings (SSSR count). The first-order valence-corrected chi connectivity index (χ1v) is 7.44. The second-order valence-electron chi connectivity index (χ2n) is 5.84. The minimum absolute atomic E-state index is 0.364. The lowest BCUT2D eigenvalue weighted by Gasteiger charge is -2.34. The molecule has 1 heterocycles. The van der Waals surface area contributed by atoms with Crippen molar-refractivity contribution >= 4 is 0 Å². The van der Waals surface area contributed by atoms with Gasteiger partial charge < -0.3 is 20.6 Å². The monoisotopic (exact) mass is 257 g/mol. The molecule has 108 valence electrons. The van der Waals surface area contributed by atoms with E-state index in [9.17, 15) is 5.11 Å². The molecular formula is C14H31N3O. The van der Waals surface area contributed by atoms with Crippen LogP contribution >= 0.6 is 0 Å². The maximum Gasteiger partial charge on any atom is 0.0741 e. The Balaban J connectivity index is 2.04. The topological polar surface area (TPSA) is 52.7 Å². The third kappa shape index (κ3) is 6.14. The first-order valence-electron chi connectivity index (χ1n) is 7.44. The summed E-state index contributed by atoms with van der Waals surface area (Å²) in [6, 6.07) is 0. The standard InChI is InChI=1S/C14H31N3O/c1-3-7-16-9-11-17(12-10-16)8-5-4-6-14(2,18)13-15/h18H,3-13,15H2,1-2H3. The molecule has 0 aromatic heterocycles. The Morgan fingerprint density at radius 1 is 1.06 bits per heavy atom. The normalized spacial score (nSPS) is 22.0. The fourth-order valence-corrected chi connectivity index (χ4v) is 2.50. The molecule has 0 spiro atoms. The SMILES string of the molecule is CCCN1CCN(CCCCC(C)(O)CN)CC1. The molecule has 1 unspecified atom stereocenters. The highest BCUT2D eigenvalue weighted by Crippen LogP contribution is 2.12. The number of unbranched alkanes of at least 4 members (excludes halogenated alkanes) is 1. The average Bonchev–Trinajstić information content (AvgIpc) is 2.37. The van der Waals surface area contributed by atoms with Crippen LogP contribution < -0.4 is 5.73 Å². The van der Waals surface area contributed by atoms with E-state index in [1.165, 1.54) is 52.1 Å². The lowest BCUT2D eigenvalue weighted by atomic mass is 9.99. The van der Waals surface area contributed by atoms with Crippen LogP contribution in [0.3, 0.4) is 0 Å². The summed E-state index contributed by atoms with van der Waals surface area (Å²) in [6.45, 7) is 11.7. The number of hydrogen-bond acceptors (Lipinski definition) is 4. The van der Waals surface area contributed by atoms with Gasteiger partial charge in [0, 0.05) is 32.7 Å². The van der Waals surface area contributed by atoms with Gasteiger partial charge >= 0.3 is 0 Å². The van der Waals surface area contributed by atoms with Gasteiger partial charge in [0.05, 0.1) is 5.60 Å². The zero-order chi connectivity index (χ0) is 13.4. The van der Waals surface area contributed by atoms with E-state index >= 15 is 0 Å². The molecule has 18 heavy (non-hydrogen) atoms. The third-order valence-corrected chi connectivity index (χ3v) is 3.88. The highest BCUT2D eigenvalue weighted by molar-refractivity contribution is 4.74. The van der Waals surface area contributed by atoms with Crippen LogP contribution in [-0.2, 0) is 0 Å². The molecule has 0 aliphatic carbocycles. The molecule has 1 fully saturated rings. The molecule has 0 bridgehead atoms. The van der Waals surface area contributed by atoms with Gasteiger partial charge in [-0.1, -0.05) is 6.92 Å². The van der Waals surface area contributed by atoms with Gasteiger partial charge in [0.2, 0.25) is 0 Å². The van der Waals surface area contributed by atoms with E-state index in [-0.39, 0.29) is 0 Å². The molecule has 4 heteroatoms. The zero-order valence-electron chi connectivity index (χ0n) is 12.2. The molecule has 1 aliphatic rings. The summed E-state index contributed by atoms with van der Waals surface area (Å²) >= 11 is 0. The number of aliphatic hydroxyl groups is 1. The maximum atomic E-state index is 9.81. The zero-order valence-corrected chi connectivity index (χ0v) is 12.2. The summed E-state index contributed by atoms with van der Waals surface area (Å²) in [6.07, 6.45) is 4.32. The number of rotatable bonds is 8. The Kier molecular flexibility index (Phi) is 7.15. The first-order chi connectivity index (χ1) is 8.57. The van der Waals surface area contributed by atoms with Crippen molar-refractivity contribution in [3.63, 3.8) is 0 Å². The van der Waals surface area contributed by atoms with Crippen molar-refractivity contribution < 1.29 is 5.11 Å². The largest absolute Gasteiger partial charge is 0.389 e. The Hall–Kier alpha value is -0.160. The summed E-state index contributed by atoms with van der Waals surface area (Å²) in [5.74, 6) is 0. The molecule has 1 aliphatic heterocycles. The summed E-state index contributed by atoms with van der Waals surface area (Å²) in [5.41, 5.74) is 4.84. The number of nitrogens with two attached hydrogens (primary N) is 1. The summed E-state index contributed by atoms with van der Waals surface area (Å²) in [7, 11) is 0. The second kappa shape index (κ2) is 8.10. The van der Waals surface area contributed by atoms with Gasteiger partial charge in [0.25, 0.3) is 0 Å². The third-order valence-electron chi connectivity index (χ3n) is 3.88. The van der Waals surface area contributed by atoms with Crippen molar-refractivity contribution in [2.24, 2.45) is 5.73 Å². The first kappa shape index (κ1) is 15.9. The molecule has 0 radical (unpaired) electrons. The van der Waals surface area contributed by atoms with Crippen molar-refractivity contribution in [2.45, 2.75) is 45.1 Å². The maximum absolute atomic E-state index is 9.81. The molecule has 0 amide bonds. The van der Waals surface area contributed by atoms with E-state index in [0.717, 1.165) is 12.8 Å². The van der Waals surface area contributed by atoms with Crippen molar-refractivity contribution in [1.29, 1.82) is 0 Å². The smallest absolute Gasteiger partial charge is 0.0741 e. The van der Waals surface area contributed by atoms with Gasteiger partial charge in [-0.2, -0.15) is 0 Å². The van der Waals surface area contributed by atoms with Gasteiger partial charge in [-0.15, -0.1) is 0 Å². The van der Waals surface area contributed by atoms with Crippen LogP contribution in [-0.4, -0.2) is 66.3 Å². The van der Waals surface area contributed by atoms with Gasteiger partial charge in [-0.05, 0) is 45.7 Å². The Morgan fingerprint density at radius 3 is 2.11 bits per heavy atom. The van der Waals surface area contributed by atoms with Crippen molar-refractivity contribution in [3.8, 4) is 0 Å². The predicted molar refractivity (Wildman–Crippen MR) is 76.7 cm³/mol. The van der Waals surface area contributed by atoms with Gasteiger partial charge in [0.1, 0.15) is 0 Å². The van der Waals surface area contributed by atoms with Crippen LogP contribution in [0.4, 0.5) is 0 Å². The van der Waals surface area contributed by atoms with Gasteiger partial charge in [-0.3, -0.25) is 0 Å². The number of nitrogens with zero attached hydrogens (tertiary/aromatic N) is 2. The van der Waals surface area contributed by atoms with Crippen LogP contribution in [0.5, 0.6) is 0 Å². The summed E-state index contributed by atoms with van der Waals surface area (Å²) in [4.78, 5) is 5.10. The van der Waals surface area contributed by atoms with Crippen LogP contribution in [0.2, 0.25) is 0 Å². The van der Waals surface area contributed by atoms with E-state index in [4.69, 9.17) is 5.73 Å². The lowest BCUT2D eigenvalue weighted by molar-refractivity contribution is 0.0554. The Bertz CT molecular complexity index is 213. The van der Waals surface area contributed by atoms with Crippen molar-refractivity contribution in [3.05, 3.63) is 0 Å². The number of piperazine rings is 1. The molecule has 1 saturated heterocycles. The lowest BCUT2D eigenvalue weighted by Crippen LogP contribution is -2.46. The predicted octanol–water partition coefficient (Wildman–Crippen LogP) is 0.894. The Labute approximate surface area is 112 Å². The van der Waals surface area contributed by atoms with Gasteiger partial charge in [0.15, 0.2) is 0 Å². The fraction of sp³-hybridized carbons (Fsp3) is 1.00. The molecule has 0 aromatic rings. The van der Waals surface area contributed by atoms with Gasteiger partial charge in [-0.25, -0.2) is 0 Å². The molecule has 3 N–H and O–H groups in total. The summed E-state index contributed by atoms with van der Waals surface area (Å²) < 4.78 is 0. The van der Waals surface area contributed by atoms with E-state index in [0.29, 0.717) is 6.54 Å². The highest BCUT2D eigenvalue weighted by Gasteiger charge is 2.18. The molecule has 0 saturated carbocycles. The Morgan fingerprint density at radius 2 is 1.61 bits per heavy atom. The molecule has 0 aromatic carbocycles. The summed E-state index contributed by atoms with van der Waals surface area (Å²) in [5, 5.41) is 9.81.